The van der Waals surface area contributed by atoms with E-state index in [9.17, 15) is 19.5 Å². The number of hydrogen-bond acceptors (Lipinski definition) is 8. The van der Waals surface area contributed by atoms with Crippen LogP contribution in [-0.4, -0.2) is 72.2 Å². The number of carboxylic acids is 1. The first-order valence-electron chi connectivity index (χ1n) is 14.1. The molecule has 45 heavy (non-hydrogen) atoms. The Balaban J connectivity index is 0. The molecule has 0 bridgehead atoms. The van der Waals surface area contributed by atoms with Crippen molar-refractivity contribution >= 4 is 77.6 Å². The van der Waals surface area contributed by atoms with E-state index in [0.717, 1.165) is 34.5 Å². The zero-order valence-corrected chi connectivity index (χ0v) is 28.9. The highest BCUT2D eigenvalue weighted by Crippen LogP contribution is 2.31. The van der Waals surface area contributed by atoms with Crippen LogP contribution in [0.1, 0.15) is 65.5 Å². The Morgan fingerprint density at radius 3 is 2.31 bits per heavy atom. The molecule has 1 heterocycles. The Labute approximate surface area is 283 Å². The average Bonchev–Trinajstić information content (AvgIpc) is 2.91. The first-order chi connectivity index (χ1) is 19.7. The molecule has 3 atom stereocenters. The standard InChI is InChI=1S/C29H46N8O5.3ClH/c1-17(35-21-15-19(42-5)14-18-10-11-23(29(2,3)4)37-25(18)21)8-6-12-33-24(38)16-22(27(40)41)36-26(39)20(30)9-7-13-34-28(31)32;;;/h10-11,14-15,17,20,22,35H,6-9,12-13,16,30H2,1-5H3,(H,33,38)(H,36,39)(H,40,41)(H4,31,32,34);3*1H/t17?,20-,22+;;;/m1.../s1. The van der Waals surface area contributed by atoms with Crippen molar-refractivity contribution in [1.82, 2.24) is 15.6 Å². The van der Waals surface area contributed by atoms with E-state index in [1.807, 2.05) is 31.2 Å². The molecule has 0 spiro atoms. The van der Waals surface area contributed by atoms with Gasteiger partial charge in [-0.05, 0) is 44.7 Å². The lowest BCUT2D eigenvalue weighted by Gasteiger charge is -2.21. The number of fused-ring (bicyclic) bond motifs is 1. The number of ether oxygens (including phenoxy) is 1. The van der Waals surface area contributed by atoms with E-state index in [1.165, 1.54) is 0 Å². The molecule has 16 heteroatoms. The lowest BCUT2D eigenvalue weighted by Crippen LogP contribution is -2.50. The van der Waals surface area contributed by atoms with Gasteiger partial charge < -0.3 is 43.0 Å². The van der Waals surface area contributed by atoms with Crippen LogP contribution in [0.15, 0.2) is 29.3 Å². The molecule has 2 amide bonds. The molecule has 2 rings (SSSR count). The Morgan fingerprint density at radius 2 is 1.73 bits per heavy atom. The third-order valence-electron chi connectivity index (χ3n) is 6.62. The highest BCUT2D eigenvalue weighted by Gasteiger charge is 2.25. The van der Waals surface area contributed by atoms with Crippen LogP contribution < -0.4 is 37.9 Å². The van der Waals surface area contributed by atoms with Gasteiger partial charge in [0, 0.05) is 41.7 Å². The van der Waals surface area contributed by atoms with Crippen molar-refractivity contribution < 1.29 is 24.2 Å². The molecule has 0 saturated carbocycles. The van der Waals surface area contributed by atoms with Gasteiger partial charge in [0.05, 0.1) is 30.8 Å². The molecule has 0 radical (unpaired) electrons. The van der Waals surface area contributed by atoms with Crippen molar-refractivity contribution in [3.63, 3.8) is 0 Å². The van der Waals surface area contributed by atoms with E-state index in [4.69, 9.17) is 26.9 Å². The monoisotopic (exact) mass is 694 g/mol. The molecule has 0 aliphatic carbocycles. The second-order valence-corrected chi connectivity index (χ2v) is 11.4. The molecular formula is C29H49Cl3N8O5. The third kappa shape index (κ3) is 15.0. The van der Waals surface area contributed by atoms with Crippen molar-refractivity contribution in [2.24, 2.45) is 22.2 Å². The van der Waals surface area contributed by atoms with Crippen LogP contribution in [0.25, 0.3) is 10.9 Å². The minimum absolute atomic E-state index is 0. The topological polar surface area (TPSA) is 220 Å². The molecule has 256 valence electrons. The number of anilines is 1. The van der Waals surface area contributed by atoms with Gasteiger partial charge in [-0.2, -0.15) is 0 Å². The van der Waals surface area contributed by atoms with Crippen molar-refractivity contribution in [1.29, 1.82) is 0 Å². The number of carbonyl (C=O) groups excluding carboxylic acids is 2. The van der Waals surface area contributed by atoms with Gasteiger partial charge >= 0.3 is 5.97 Å². The molecular weight excluding hydrogens is 647 g/mol. The second-order valence-electron chi connectivity index (χ2n) is 11.4. The van der Waals surface area contributed by atoms with Gasteiger partial charge in [0.25, 0.3) is 0 Å². The number of pyridine rings is 1. The number of guanidine groups is 1. The number of halogens is 3. The number of nitrogens with zero attached hydrogens (tertiary/aromatic N) is 2. The number of nitrogens with one attached hydrogen (secondary N) is 3. The fourth-order valence-corrected chi connectivity index (χ4v) is 4.21. The molecule has 0 aliphatic rings. The largest absolute Gasteiger partial charge is 0.497 e. The number of carbonyl (C=O) groups is 3. The van der Waals surface area contributed by atoms with Crippen LogP contribution in [0.4, 0.5) is 5.69 Å². The molecule has 1 aromatic carbocycles. The summed E-state index contributed by atoms with van der Waals surface area (Å²) in [6.45, 7) is 9.05. The number of nitrogens with two attached hydrogens (primary N) is 3. The summed E-state index contributed by atoms with van der Waals surface area (Å²) in [6.07, 6.45) is 1.67. The van der Waals surface area contributed by atoms with E-state index in [1.54, 1.807) is 7.11 Å². The van der Waals surface area contributed by atoms with Crippen molar-refractivity contribution in [2.75, 3.05) is 25.5 Å². The smallest absolute Gasteiger partial charge is 0.326 e. The van der Waals surface area contributed by atoms with Crippen LogP contribution >= 0.6 is 37.2 Å². The second kappa shape index (κ2) is 20.7. The van der Waals surface area contributed by atoms with Gasteiger partial charge in [0.2, 0.25) is 11.8 Å². The van der Waals surface area contributed by atoms with Crippen LogP contribution in [0.2, 0.25) is 0 Å². The summed E-state index contributed by atoms with van der Waals surface area (Å²) < 4.78 is 5.48. The first-order valence-corrected chi connectivity index (χ1v) is 14.1. The Kier molecular flexibility index (Phi) is 20.2. The van der Waals surface area contributed by atoms with E-state index < -0.39 is 36.3 Å². The molecule has 13 nitrogen and oxygen atoms in total. The lowest BCUT2D eigenvalue weighted by molar-refractivity contribution is -0.143. The minimum Gasteiger partial charge on any atom is -0.497 e. The summed E-state index contributed by atoms with van der Waals surface area (Å²) in [5.74, 6) is -1.80. The zero-order chi connectivity index (χ0) is 31.4. The van der Waals surface area contributed by atoms with Gasteiger partial charge in [-0.15, -0.1) is 37.2 Å². The Morgan fingerprint density at radius 1 is 1.07 bits per heavy atom. The van der Waals surface area contributed by atoms with E-state index >= 15 is 0 Å². The Bertz CT molecular complexity index is 1270. The normalized spacial score (nSPS) is 12.6. The number of hydrogen-bond donors (Lipinski definition) is 7. The fraction of sp³-hybridized carbons (Fsp3) is 0.552. The number of aliphatic imine (C=N–C) groups is 1. The lowest BCUT2D eigenvalue weighted by atomic mass is 9.91. The van der Waals surface area contributed by atoms with Gasteiger partial charge in [-0.3, -0.25) is 19.6 Å². The van der Waals surface area contributed by atoms with Crippen molar-refractivity contribution in [3.8, 4) is 5.75 Å². The third-order valence-corrected chi connectivity index (χ3v) is 6.62. The predicted octanol–water partition coefficient (Wildman–Crippen LogP) is 2.84. The predicted molar refractivity (Wildman–Crippen MR) is 186 cm³/mol. The number of methoxy groups -OCH3 is 1. The van der Waals surface area contributed by atoms with Gasteiger partial charge in [-0.25, -0.2) is 4.79 Å². The van der Waals surface area contributed by atoms with Gasteiger partial charge in [0.1, 0.15) is 11.8 Å². The summed E-state index contributed by atoms with van der Waals surface area (Å²) in [6, 6.07) is 5.67. The maximum atomic E-state index is 12.4. The van der Waals surface area contributed by atoms with E-state index in [-0.39, 0.29) is 61.1 Å². The number of aliphatic carboxylic acids is 1. The maximum Gasteiger partial charge on any atom is 0.326 e. The summed E-state index contributed by atoms with van der Waals surface area (Å²) in [5, 5.41) is 19.0. The van der Waals surface area contributed by atoms with Crippen LogP contribution in [-0.2, 0) is 19.8 Å². The van der Waals surface area contributed by atoms with Gasteiger partial charge in [-0.1, -0.05) is 26.8 Å². The summed E-state index contributed by atoms with van der Waals surface area (Å²) in [4.78, 5) is 45.1. The summed E-state index contributed by atoms with van der Waals surface area (Å²) in [7, 11) is 1.62. The van der Waals surface area contributed by atoms with Crippen molar-refractivity contribution in [2.45, 2.75) is 83.3 Å². The molecule has 2 aromatic rings. The first kappa shape index (κ1) is 43.9. The van der Waals surface area contributed by atoms with E-state index in [2.05, 4.69) is 41.7 Å². The number of carboxylic acid groups (broad SMARTS) is 1. The SMILES string of the molecule is COc1cc(NC(C)CCCNC(=O)C[C@H](NC(=O)[C@H](N)CCCN=C(N)N)C(=O)O)c2nc(C(C)(C)C)ccc2c1.Cl.Cl.Cl. The number of amides is 2. The van der Waals surface area contributed by atoms with Gasteiger partial charge in [0.15, 0.2) is 5.96 Å². The highest BCUT2D eigenvalue weighted by atomic mass is 35.5. The fourth-order valence-electron chi connectivity index (χ4n) is 4.21. The molecule has 1 unspecified atom stereocenters. The minimum atomic E-state index is -1.39. The maximum absolute atomic E-state index is 12.4. The molecule has 0 aliphatic heterocycles. The number of benzene rings is 1. The molecule has 0 fully saturated rings. The molecule has 0 saturated heterocycles. The van der Waals surface area contributed by atoms with Crippen molar-refractivity contribution in [3.05, 3.63) is 30.0 Å². The van der Waals surface area contributed by atoms with E-state index in [0.29, 0.717) is 25.9 Å². The quantitative estimate of drug-likeness (QED) is 0.0773. The zero-order valence-electron chi connectivity index (χ0n) is 26.4. The summed E-state index contributed by atoms with van der Waals surface area (Å²) in [5.41, 5.74) is 19.0. The number of rotatable bonds is 16. The summed E-state index contributed by atoms with van der Waals surface area (Å²) >= 11 is 0. The molecule has 1 aromatic heterocycles. The average molecular weight is 696 g/mol. The Hall–Kier alpha value is -3.26. The van der Waals surface area contributed by atoms with Crippen LogP contribution in [0.3, 0.4) is 0 Å². The number of aromatic nitrogens is 1. The van der Waals surface area contributed by atoms with Crippen LogP contribution in [0.5, 0.6) is 5.75 Å². The van der Waals surface area contributed by atoms with Crippen LogP contribution in [0, 0.1) is 0 Å². The molecule has 10 N–H and O–H groups in total. The highest BCUT2D eigenvalue weighted by molar-refractivity contribution is 5.92.